The van der Waals surface area contributed by atoms with Crippen LogP contribution in [0, 0.1) is 0 Å². The quantitative estimate of drug-likeness (QED) is 0.846. The average molecular weight is 276 g/mol. The Morgan fingerprint density at radius 3 is 2.65 bits per heavy atom. The van der Waals surface area contributed by atoms with E-state index in [1.54, 1.807) is 12.4 Å². The lowest BCUT2D eigenvalue weighted by Gasteiger charge is -2.35. The molecule has 2 aliphatic rings. The van der Waals surface area contributed by atoms with E-state index in [9.17, 15) is 0 Å². The SMILES string of the molecule is c1cc(OC2CCN(C[C@@H]3CCCCO3)CC2)ccn1. The number of piperidine rings is 1. The predicted molar refractivity (Wildman–Crippen MR) is 77.9 cm³/mol. The molecule has 4 heteroatoms. The van der Waals surface area contributed by atoms with Gasteiger partial charge < -0.3 is 14.4 Å². The topological polar surface area (TPSA) is 34.6 Å². The highest BCUT2D eigenvalue weighted by Gasteiger charge is 2.23. The summed E-state index contributed by atoms with van der Waals surface area (Å²) in [5, 5.41) is 0. The molecule has 2 fully saturated rings. The van der Waals surface area contributed by atoms with Crippen molar-refractivity contribution in [3.05, 3.63) is 24.5 Å². The number of likely N-dealkylation sites (tertiary alicyclic amines) is 1. The van der Waals surface area contributed by atoms with E-state index < -0.39 is 0 Å². The van der Waals surface area contributed by atoms with Gasteiger partial charge in [0.05, 0.1) is 6.10 Å². The first kappa shape index (κ1) is 13.8. The Hall–Kier alpha value is -1.13. The van der Waals surface area contributed by atoms with Gasteiger partial charge >= 0.3 is 0 Å². The Morgan fingerprint density at radius 1 is 1.15 bits per heavy atom. The first-order chi connectivity index (χ1) is 9.90. The average Bonchev–Trinajstić information content (AvgIpc) is 2.51. The molecule has 0 unspecified atom stereocenters. The smallest absolute Gasteiger partial charge is 0.122 e. The molecule has 0 radical (unpaired) electrons. The van der Waals surface area contributed by atoms with Gasteiger partial charge in [0.1, 0.15) is 11.9 Å². The third kappa shape index (κ3) is 3.93. The predicted octanol–water partition coefficient (Wildman–Crippen LogP) is 2.49. The molecular formula is C16H24N2O2. The van der Waals surface area contributed by atoms with Gasteiger partial charge in [-0.25, -0.2) is 0 Å². The highest BCUT2D eigenvalue weighted by Crippen LogP contribution is 2.20. The standard InChI is InChI=1S/C16H24N2O2/c1-2-12-19-16(3-1)13-18-10-6-15(7-11-18)20-14-4-8-17-9-5-14/h4-5,8-9,15-16H,1-3,6-7,10-13H2/t16-/m0/s1. The van der Waals surface area contributed by atoms with Crippen LogP contribution in [0.1, 0.15) is 32.1 Å². The largest absolute Gasteiger partial charge is 0.490 e. The van der Waals surface area contributed by atoms with Crippen molar-refractivity contribution in [2.45, 2.75) is 44.3 Å². The van der Waals surface area contributed by atoms with E-state index in [0.29, 0.717) is 12.2 Å². The Kier molecular flexibility index (Phi) is 4.87. The maximum atomic E-state index is 6.00. The van der Waals surface area contributed by atoms with Crippen LogP contribution in [0.15, 0.2) is 24.5 Å². The van der Waals surface area contributed by atoms with E-state index in [1.807, 2.05) is 12.1 Å². The van der Waals surface area contributed by atoms with Crippen LogP contribution in [0.3, 0.4) is 0 Å². The van der Waals surface area contributed by atoms with Crippen molar-refractivity contribution in [1.82, 2.24) is 9.88 Å². The molecule has 0 aliphatic carbocycles. The zero-order valence-electron chi connectivity index (χ0n) is 12.0. The summed E-state index contributed by atoms with van der Waals surface area (Å²) in [6.45, 7) is 4.29. The van der Waals surface area contributed by atoms with Crippen molar-refractivity contribution in [2.24, 2.45) is 0 Å². The van der Waals surface area contributed by atoms with Crippen LogP contribution in [-0.2, 0) is 4.74 Å². The summed E-state index contributed by atoms with van der Waals surface area (Å²) >= 11 is 0. The minimum Gasteiger partial charge on any atom is -0.490 e. The minimum atomic E-state index is 0.348. The van der Waals surface area contributed by atoms with Crippen LogP contribution < -0.4 is 4.74 Å². The summed E-state index contributed by atoms with van der Waals surface area (Å²) in [6.07, 6.45) is 10.4. The molecule has 0 spiro atoms. The highest BCUT2D eigenvalue weighted by atomic mass is 16.5. The number of pyridine rings is 1. The van der Waals surface area contributed by atoms with E-state index in [2.05, 4.69) is 9.88 Å². The van der Waals surface area contributed by atoms with Crippen LogP contribution in [0.5, 0.6) is 5.75 Å². The van der Waals surface area contributed by atoms with E-state index >= 15 is 0 Å². The molecule has 1 aromatic rings. The Balaban J connectivity index is 1.40. The molecule has 0 N–H and O–H groups in total. The second-order valence-electron chi connectivity index (χ2n) is 5.79. The fourth-order valence-electron chi connectivity index (χ4n) is 3.06. The molecule has 1 atom stereocenters. The normalized spacial score (nSPS) is 25.5. The summed E-state index contributed by atoms with van der Waals surface area (Å²) < 4.78 is 11.8. The second kappa shape index (κ2) is 7.04. The molecule has 4 nitrogen and oxygen atoms in total. The third-order valence-electron chi connectivity index (χ3n) is 4.22. The zero-order valence-corrected chi connectivity index (χ0v) is 12.0. The highest BCUT2D eigenvalue weighted by molar-refractivity contribution is 5.17. The molecule has 0 amide bonds. The summed E-state index contributed by atoms with van der Waals surface area (Å²) in [5.41, 5.74) is 0. The van der Waals surface area contributed by atoms with Crippen LogP contribution in [0.25, 0.3) is 0 Å². The van der Waals surface area contributed by atoms with Crippen molar-refractivity contribution in [1.29, 1.82) is 0 Å². The molecule has 1 aromatic heterocycles. The van der Waals surface area contributed by atoms with Crippen LogP contribution in [-0.4, -0.2) is 48.3 Å². The van der Waals surface area contributed by atoms with Gasteiger partial charge in [-0.2, -0.15) is 0 Å². The first-order valence-electron chi connectivity index (χ1n) is 7.81. The zero-order chi connectivity index (χ0) is 13.6. The number of nitrogens with zero attached hydrogens (tertiary/aromatic N) is 2. The molecule has 0 aromatic carbocycles. The number of hydrogen-bond acceptors (Lipinski definition) is 4. The van der Waals surface area contributed by atoms with Gasteiger partial charge in [-0.05, 0) is 44.2 Å². The number of aromatic nitrogens is 1. The summed E-state index contributed by atoms with van der Waals surface area (Å²) in [5.74, 6) is 0.939. The Bertz CT molecular complexity index is 385. The first-order valence-corrected chi connectivity index (χ1v) is 7.81. The van der Waals surface area contributed by atoms with Gasteiger partial charge in [-0.3, -0.25) is 4.98 Å². The van der Waals surface area contributed by atoms with Crippen molar-refractivity contribution >= 4 is 0 Å². The second-order valence-corrected chi connectivity index (χ2v) is 5.79. The fraction of sp³-hybridized carbons (Fsp3) is 0.688. The molecule has 2 aliphatic heterocycles. The summed E-state index contributed by atoms with van der Waals surface area (Å²) in [4.78, 5) is 6.54. The summed E-state index contributed by atoms with van der Waals surface area (Å²) in [6, 6.07) is 3.87. The van der Waals surface area contributed by atoms with Gasteiger partial charge in [0.15, 0.2) is 0 Å². The molecule has 20 heavy (non-hydrogen) atoms. The number of ether oxygens (including phenoxy) is 2. The molecule has 2 saturated heterocycles. The minimum absolute atomic E-state index is 0.348. The maximum Gasteiger partial charge on any atom is 0.122 e. The van der Waals surface area contributed by atoms with Crippen LogP contribution in [0.4, 0.5) is 0 Å². The van der Waals surface area contributed by atoms with Crippen LogP contribution in [0.2, 0.25) is 0 Å². The molecule has 110 valence electrons. The van der Waals surface area contributed by atoms with E-state index in [1.165, 1.54) is 19.3 Å². The molecule has 3 rings (SSSR count). The van der Waals surface area contributed by atoms with E-state index in [0.717, 1.165) is 44.8 Å². The fourth-order valence-corrected chi connectivity index (χ4v) is 3.06. The van der Waals surface area contributed by atoms with Gasteiger partial charge in [-0.1, -0.05) is 0 Å². The summed E-state index contributed by atoms with van der Waals surface area (Å²) in [7, 11) is 0. The Labute approximate surface area is 121 Å². The molecular weight excluding hydrogens is 252 g/mol. The number of rotatable bonds is 4. The lowest BCUT2D eigenvalue weighted by Crippen LogP contribution is -2.43. The maximum absolute atomic E-state index is 6.00. The third-order valence-corrected chi connectivity index (χ3v) is 4.22. The van der Waals surface area contributed by atoms with Gasteiger partial charge in [0, 0.05) is 38.6 Å². The van der Waals surface area contributed by atoms with E-state index in [4.69, 9.17) is 9.47 Å². The van der Waals surface area contributed by atoms with Crippen molar-refractivity contribution in [2.75, 3.05) is 26.2 Å². The lowest BCUT2D eigenvalue weighted by molar-refractivity contribution is -0.0154. The molecule has 3 heterocycles. The van der Waals surface area contributed by atoms with Crippen molar-refractivity contribution in [3.63, 3.8) is 0 Å². The monoisotopic (exact) mass is 276 g/mol. The lowest BCUT2D eigenvalue weighted by atomic mass is 10.0. The van der Waals surface area contributed by atoms with E-state index in [-0.39, 0.29) is 0 Å². The van der Waals surface area contributed by atoms with Gasteiger partial charge in [0.2, 0.25) is 0 Å². The Morgan fingerprint density at radius 2 is 1.95 bits per heavy atom. The van der Waals surface area contributed by atoms with Crippen molar-refractivity contribution in [3.8, 4) is 5.75 Å². The molecule has 0 bridgehead atoms. The number of hydrogen-bond donors (Lipinski definition) is 0. The van der Waals surface area contributed by atoms with Crippen molar-refractivity contribution < 1.29 is 9.47 Å². The van der Waals surface area contributed by atoms with Gasteiger partial charge in [-0.15, -0.1) is 0 Å². The van der Waals surface area contributed by atoms with Gasteiger partial charge in [0.25, 0.3) is 0 Å². The van der Waals surface area contributed by atoms with Crippen LogP contribution >= 0.6 is 0 Å². The molecule has 0 saturated carbocycles.